The molecule has 1 aliphatic heterocycles. The van der Waals surface area contributed by atoms with E-state index >= 15 is 0 Å². The van der Waals surface area contributed by atoms with Gasteiger partial charge < -0.3 is 15.0 Å². The van der Waals surface area contributed by atoms with Gasteiger partial charge in [0.2, 0.25) is 5.91 Å². The third-order valence-corrected chi connectivity index (χ3v) is 5.36. The molecule has 2 amide bonds. The largest absolute Gasteiger partial charge is 0.490 e. The Morgan fingerprint density at radius 3 is 2.75 bits per heavy atom. The smallest absolute Gasteiger partial charge is 0.257 e. The summed E-state index contributed by atoms with van der Waals surface area (Å²) in [6, 6.07) is 10.4. The van der Waals surface area contributed by atoms with Crippen molar-refractivity contribution < 1.29 is 14.3 Å². The molecule has 148 valence electrons. The molecule has 1 heterocycles. The highest BCUT2D eigenvalue weighted by Gasteiger charge is 2.37. The van der Waals surface area contributed by atoms with Crippen LogP contribution in [0.3, 0.4) is 0 Å². The molecule has 28 heavy (non-hydrogen) atoms. The number of carbonyl (C=O) groups excluding carboxylic acids is 2. The zero-order valence-corrected chi connectivity index (χ0v) is 18.4. The maximum absolute atomic E-state index is 12.9. The van der Waals surface area contributed by atoms with Crippen molar-refractivity contribution in [1.29, 1.82) is 0 Å². The highest BCUT2D eigenvalue weighted by molar-refractivity contribution is 9.10. The van der Waals surface area contributed by atoms with Crippen molar-refractivity contribution in [2.24, 2.45) is 5.41 Å². The number of hydrogen-bond donors (Lipinski definition) is 1. The number of nitrogens with one attached hydrogen (secondary N) is 1. The molecular weight excluding hydrogens is 444 g/mol. The van der Waals surface area contributed by atoms with Crippen LogP contribution in [0.1, 0.15) is 37.6 Å². The Balaban J connectivity index is 1.91. The molecule has 0 saturated heterocycles. The molecule has 0 spiro atoms. The maximum atomic E-state index is 12.9. The number of amides is 2. The van der Waals surface area contributed by atoms with Crippen LogP contribution in [0, 0.1) is 5.41 Å². The van der Waals surface area contributed by atoms with Crippen molar-refractivity contribution >= 4 is 50.7 Å². The molecule has 0 saturated carbocycles. The van der Waals surface area contributed by atoms with Crippen molar-refractivity contribution in [2.45, 2.75) is 27.2 Å². The maximum Gasteiger partial charge on any atom is 0.257 e. The summed E-state index contributed by atoms with van der Waals surface area (Å²) in [5.41, 5.74) is 1.04. The van der Waals surface area contributed by atoms with Crippen molar-refractivity contribution in [3.05, 3.63) is 51.5 Å². The molecule has 1 N–H and O–H groups in total. The minimum atomic E-state index is -0.624. The highest BCUT2D eigenvalue weighted by Crippen LogP contribution is 2.38. The van der Waals surface area contributed by atoms with Crippen LogP contribution < -0.4 is 15.0 Å². The molecule has 0 bridgehead atoms. The third kappa shape index (κ3) is 4.18. The van der Waals surface area contributed by atoms with E-state index in [2.05, 4.69) is 21.2 Å². The van der Waals surface area contributed by atoms with Crippen LogP contribution in [-0.2, 0) is 4.79 Å². The summed E-state index contributed by atoms with van der Waals surface area (Å²) in [5.74, 6) is 0.290. The van der Waals surface area contributed by atoms with E-state index in [1.54, 1.807) is 35.2 Å². The van der Waals surface area contributed by atoms with E-state index in [1.165, 1.54) is 0 Å². The first kappa shape index (κ1) is 20.7. The number of benzene rings is 2. The number of hydrogen-bond acceptors (Lipinski definition) is 3. The Bertz CT molecular complexity index is 930. The average Bonchev–Trinajstić information content (AvgIpc) is 2.74. The van der Waals surface area contributed by atoms with Crippen LogP contribution in [0.2, 0.25) is 5.02 Å². The molecule has 3 rings (SSSR count). The third-order valence-electron chi connectivity index (χ3n) is 4.54. The van der Waals surface area contributed by atoms with Crippen molar-refractivity contribution in [2.75, 3.05) is 23.4 Å². The van der Waals surface area contributed by atoms with Crippen LogP contribution >= 0.6 is 27.5 Å². The fourth-order valence-electron chi connectivity index (χ4n) is 3.04. The molecule has 1 aliphatic rings. The minimum Gasteiger partial charge on any atom is -0.490 e. The second kappa shape index (κ2) is 8.13. The van der Waals surface area contributed by atoms with Gasteiger partial charge in [0.1, 0.15) is 12.4 Å². The number of ether oxygens (including phenoxy) is 1. The molecule has 2 aromatic carbocycles. The van der Waals surface area contributed by atoms with Crippen LogP contribution in [0.15, 0.2) is 40.9 Å². The van der Waals surface area contributed by atoms with Gasteiger partial charge in [-0.05, 0) is 50.6 Å². The lowest BCUT2D eigenvalue weighted by molar-refractivity contribution is -0.127. The van der Waals surface area contributed by atoms with Crippen LogP contribution in [0.25, 0.3) is 0 Å². The second-order valence-corrected chi connectivity index (χ2v) is 8.71. The van der Waals surface area contributed by atoms with Gasteiger partial charge in [0, 0.05) is 22.8 Å². The van der Waals surface area contributed by atoms with E-state index in [4.69, 9.17) is 16.3 Å². The van der Waals surface area contributed by atoms with E-state index in [0.717, 1.165) is 16.6 Å². The summed E-state index contributed by atoms with van der Waals surface area (Å²) in [6.07, 6.45) is 0.834. The monoisotopic (exact) mass is 464 g/mol. The summed E-state index contributed by atoms with van der Waals surface area (Å²) in [7, 11) is 0. The average molecular weight is 466 g/mol. The zero-order valence-electron chi connectivity index (χ0n) is 16.0. The quantitative estimate of drug-likeness (QED) is 0.647. The molecule has 0 radical (unpaired) electrons. The van der Waals surface area contributed by atoms with Gasteiger partial charge in [-0.2, -0.15) is 0 Å². The normalized spacial score (nSPS) is 15.5. The first-order valence-corrected chi connectivity index (χ1v) is 10.3. The van der Waals surface area contributed by atoms with E-state index in [1.807, 2.05) is 26.8 Å². The SMILES string of the molecule is CCCN1C(=O)C(C)(C)COc2cc(NC(=O)c3cc(Br)ccc3Cl)ccc21. The van der Waals surface area contributed by atoms with Gasteiger partial charge >= 0.3 is 0 Å². The van der Waals surface area contributed by atoms with Gasteiger partial charge in [-0.15, -0.1) is 0 Å². The topological polar surface area (TPSA) is 58.6 Å². The number of fused-ring (bicyclic) bond motifs is 1. The van der Waals surface area contributed by atoms with Crippen molar-refractivity contribution in [1.82, 2.24) is 0 Å². The highest BCUT2D eigenvalue weighted by atomic mass is 79.9. The van der Waals surface area contributed by atoms with Gasteiger partial charge in [-0.25, -0.2) is 0 Å². The van der Waals surface area contributed by atoms with Gasteiger partial charge in [0.15, 0.2) is 0 Å². The van der Waals surface area contributed by atoms with E-state index < -0.39 is 5.41 Å². The number of rotatable bonds is 4. The second-order valence-electron chi connectivity index (χ2n) is 7.39. The molecule has 0 aromatic heterocycles. The standard InChI is InChI=1S/C21H22BrClN2O3/c1-4-9-25-17-8-6-14(11-18(17)28-12-21(2,3)20(25)27)24-19(26)15-10-13(22)5-7-16(15)23/h5-8,10-11H,4,9,12H2,1-3H3,(H,24,26). The van der Waals surface area contributed by atoms with E-state index in [-0.39, 0.29) is 18.4 Å². The predicted molar refractivity (Wildman–Crippen MR) is 115 cm³/mol. The first-order chi connectivity index (χ1) is 13.2. The lowest BCUT2D eigenvalue weighted by atomic mass is 9.93. The Morgan fingerprint density at radius 2 is 2.04 bits per heavy atom. The Kier molecular flexibility index (Phi) is 6.01. The summed E-state index contributed by atoms with van der Waals surface area (Å²) in [4.78, 5) is 27.3. The van der Waals surface area contributed by atoms with Crippen LogP contribution in [-0.4, -0.2) is 25.0 Å². The predicted octanol–water partition coefficient (Wildman–Crippen LogP) is 5.52. The molecular formula is C21H22BrClN2O3. The molecule has 5 nitrogen and oxygen atoms in total. The molecule has 0 aliphatic carbocycles. The van der Waals surface area contributed by atoms with Gasteiger partial charge in [-0.1, -0.05) is 34.5 Å². The van der Waals surface area contributed by atoms with Gasteiger partial charge in [-0.3, -0.25) is 9.59 Å². The van der Waals surface area contributed by atoms with Crippen LogP contribution in [0.5, 0.6) is 5.75 Å². The summed E-state index contributed by atoms with van der Waals surface area (Å²) < 4.78 is 6.70. The van der Waals surface area contributed by atoms with Crippen molar-refractivity contribution in [3.8, 4) is 5.75 Å². The number of halogens is 2. The summed E-state index contributed by atoms with van der Waals surface area (Å²) >= 11 is 9.49. The lowest BCUT2D eigenvalue weighted by Crippen LogP contribution is -2.42. The van der Waals surface area contributed by atoms with Crippen molar-refractivity contribution in [3.63, 3.8) is 0 Å². The Morgan fingerprint density at radius 1 is 1.29 bits per heavy atom. The lowest BCUT2D eigenvalue weighted by Gasteiger charge is -2.27. The van der Waals surface area contributed by atoms with Gasteiger partial charge in [0.05, 0.1) is 21.7 Å². The van der Waals surface area contributed by atoms with E-state index in [0.29, 0.717) is 28.6 Å². The first-order valence-electron chi connectivity index (χ1n) is 9.08. The molecule has 0 atom stereocenters. The number of nitrogens with zero attached hydrogens (tertiary/aromatic N) is 1. The van der Waals surface area contributed by atoms with Gasteiger partial charge in [0.25, 0.3) is 5.91 Å². The Hall–Kier alpha value is -2.05. The number of anilines is 2. The summed E-state index contributed by atoms with van der Waals surface area (Å²) in [5, 5.41) is 3.22. The molecule has 0 fully saturated rings. The Labute approximate surface area is 178 Å². The summed E-state index contributed by atoms with van der Waals surface area (Å²) in [6.45, 7) is 6.66. The fourth-order valence-corrected chi connectivity index (χ4v) is 3.61. The van der Waals surface area contributed by atoms with Crippen LogP contribution in [0.4, 0.5) is 11.4 Å². The molecule has 2 aromatic rings. The van der Waals surface area contributed by atoms with E-state index in [9.17, 15) is 9.59 Å². The number of carbonyl (C=O) groups is 2. The molecule has 0 unspecified atom stereocenters. The zero-order chi connectivity index (χ0) is 20.5. The molecule has 7 heteroatoms. The fraction of sp³-hybridized carbons (Fsp3) is 0.333. The minimum absolute atomic E-state index is 0.0332.